The molecular weight excluding hydrogens is 264 g/mol. The Morgan fingerprint density at radius 2 is 2.00 bits per heavy atom. The molecule has 0 aromatic heterocycles. The van der Waals surface area contributed by atoms with Crippen LogP contribution >= 0.6 is 23.4 Å². The summed E-state index contributed by atoms with van der Waals surface area (Å²) in [5.41, 5.74) is 3.25. The third kappa shape index (κ3) is 6.10. The minimum Gasteiger partial charge on any atom is -0.271 e. The van der Waals surface area contributed by atoms with E-state index >= 15 is 0 Å². The van der Waals surface area contributed by atoms with Crippen molar-refractivity contribution in [3.05, 3.63) is 29.3 Å². The first kappa shape index (κ1) is 15.8. The smallest absolute Gasteiger partial charge is 0.0541 e. The van der Waals surface area contributed by atoms with E-state index in [1.807, 2.05) is 24.3 Å². The molecule has 3 N–H and O–H groups in total. The normalized spacial score (nSPS) is 13.6. The highest BCUT2D eigenvalue weighted by atomic mass is 35.5. The van der Waals surface area contributed by atoms with Gasteiger partial charge in [-0.05, 0) is 30.4 Å². The topological polar surface area (TPSA) is 38.0 Å². The second kappa shape index (κ2) is 7.39. The molecule has 0 fully saturated rings. The minimum absolute atomic E-state index is 0.325. The van der Waals surface area contributed by atoms with Gasteiger partial charge in [-0.15, -0.1) is 11.8 Å². The molecule has 1 atom stereocenters. The van der Waals surface area contributed by atoms with Crippen molar-refractivity contribution in [1.82, 2.24) is 5.43 Å². The third-order valence-corrected chi connectivity index (χ3v) is 4.43. The van der Waals surface area contributed by atoms with Gasteiger partial charge in [0.05, 0.1) is 5.02 Å². The van der Waals surface area contributed by atoms with Crippen LogP contribution in [0.1, 0.15) is 33.6 Å². The van der Waals surface area contributed by atoms with Gasteiger partial charge in [0.1, 0.15) is 0 Å². The highest BCUT2D eigenvalue weighted by molar-refractivity contribution is 7.99. The summed E-state index contributed by atoms with van der Waals surface area (Å²) in [5.74, 6) is 6.55. The zero-order valence-corrected chi connectivity index (χ0v) is 12.9. The van der Waals surface area contributed by atoms with Gasteiger partial charge in [-0.1, -0.05) is 44.5 Å². The summed E-state index contributed by atoms with van der Waals surface area (Å²) < 4.78 is 0. The molecule has 2 nitrogen and oxygen atoms in total. The van der Waals surface area contributed by atoms with Crippen LogP contribution in [0.15, 0.2) is 29.2 Å². The SMILES string of the molecule is CC(C)(C)CCC(CSc1ccccc1Cl)NN. The fourth-order valence-corrected chi connectivity index (χ4v) is 2.90. The van der Waals surface area contributed by atoms with E-state index in [9.17, 15) is 0 Å². The van der Waals surface area contributed by atoms with Crippen LogP contribution in [0, 0.1) is 5.41 Å². The van der Waals surface area contributed by atoms with Crippen molar-refractivity contribution in [1.29, 1.82) is 0 Å². The second-order valence-corrected chi connectivity index (χ2v) is 7.17. The molecule has 1 aromatic rings. The number of halogens is 1. The van der Waals surface area contributed by atoms with Crippen molar-refractivity contribution in [3.8, 4) is 0 Å². The molecule has 0 spiro atoms. The molecule has 0 amide bonds. The van der Waals surface area contributed by atoms with Crippen molar-refractivity contribution in [2.75, 3.05) is 5.75 Å². The zero-order chi connectivity index (χ0) is 13.6. The quantitative estimate of drug-likeness (QED) is 0.470. The molecule has 0 heterocycles. The fourth-order valence-electron chi connectivity index (χ4n) is 1.57. The number of rotatable bonds is 6. The minimum atomic E-state index is 0.325. The van der Waals surface area contributed by atoms with Gasteiger partial charge >= 0.3 is 0 Å². The summed E-state index contributed by atoms with van der Waals surface area (Å²) in [5, 5.41) is 0.814. The number of nitrogens with two attached hydrogens (primary N) is 1. The van der Waals surface area contributed by atoms with Gasteiger partial charge in [0.15, 0.2) is 0 Å². The van der Waals surface area contributed by atoms with Gasteiger partial charge in [0.25, 0.3) is 0 Å². The molecule has 1 aromatic carbocycles. The summed E-state index contributed by atoms with van der Waals surface area (Å²) >= 11 is 7.88. The van der Waals surface area contributed by atoms with Crippen molar-refractivity contribution >= 4 is 23.4 Å². The van der Waals surface area contributed by atoms with E-state index in [0.29, 0.717) is 11.5 Å². The number of hydrazine groups is 1. The van der Waals surface area contributed by atoms with E-state index in [1.54, 1.807) is 11.8 Å². The molecule has 0 bridgehead atoms. The maximum absolute atomic E-state index is 6.13. The van der Waals surface area contributed by atoms with Crippen LogP contribution in [0.5, 0.6) is 0 Å². The average Bonchev–Trinajstić information content (AvgIpc) is 2.30. The lowest BCUT2D eigenvalue weighted by Crippen LogP contribution is -2.37. The van der Waals surface area contributed by atoms with Crippen LogP contribution in [-0.4, -0.2) is 11.8 Å². The number of benzene rings is 1. The number of hydrogen-bond donors (Lipinski definition) is 2. The van der Waals surface area contributed by atoms with Gasteiger partial charge in [0, 0.05) is 16.7 Å². The standard InChI is InChI=1S/C14H23ClN2S/c1-14(2,3)9-8-11(17-16)10-18-13-7-5-4-6-12(13)15/h4-7,11,17H,8-10,16H2,1-3H3. The molecule has 0 saturated heterocycles. The summed E-state index contributed by atoms with van der Waals surface area (Å²) in [6, 6.07) is 8.25. The Bertz CT molecular complexity index is 363. The van der Waals surface area contributed by atoms with E-state index in [4.69, 9.17) is 17.4 Å². The monoisotopic (exact) mass is 286 g/mol. The lowest BCUT2D eigenvalue weighted by atomic mass is 9.89. The molecule has 0 aliphatic rings. The van der Waals surface area contributed by atoms with Crippen LogP contribution in [0.4, 0.5) is 0 Å². The van der Waals surface area contributed by atoms with Crippen LogP contribution in [0.3, 0.4) is 0 Å². The fraction of sp³-hybridized carbons (Fsp3) is 0.571. The van der Waals surface area contributed by atoms with Gasteiger partial charge in [-0.3, -0.25) is 11.3 Å². The molecule has 0 aliphatic carbocycles. The molecule has 0 saturated carbocycles. The Morgan fingerprint density at radius 3 is 2.56 bits per heavy atom. The van der Waals surface area contributed by atoms with Crippen molar-refractivity contribution in [3.63, 3.8) is 0 Å². The summed E-state index contributed by atoms with van der Waals surface area (Å²) in [6.07, 6.45) is 2.24. The maximum atomic E-state index is 6.13. The van der Waals surface area contributed by atoms with Crippen molar-refractivity contribution < 1.29 is 0 Å². The molecule has 0 aliphatic heterocycles. The zero-order valence-electron chi connectivity index (χ0n) is 11.4. The summed E-state index contributed by atoms with van der Waals surface area (Å²) in [4.78, 5) is 1.12. The molecule has 1 unspecified atom stereocenters. The molecule has 18 heavy (non-hydrogen) atoms. The molecule has 102 valence electrons. The average molecular weight is 287 g/mol. The number of nitrogens with one attached hydrogen (secondary N) is 1. The van der Waals surface area contributed by atoms with E-state index in [2.05, 4.69) is 26.2 Å². The van der Waals surface area contributed by atoms with Gasteiger partial charge < -0.3 is 0 Å². The van der Waals surface area contributed by atoms with Gasteiger partial charge in [-0.2, -0.15) is 0 Å². The third-order valence-electron chi connectivity index (χ3n) is 2.76. The Labute approximate surface area is 120 Å². The van der Waals surface area contributed by atoms with Crippen molar-refractivity contribution in [2.24, 2.45) is 11.3 Å². The Balaban J connectivity index is 2.43. The van der Waals surface area contributed by atoms with Gasteiger partial charge in [-0.25, -0.2) is 0 Å². The first-order valence-electron chi connectivity index (χ1n) is 6.26. The van der Waals surface area contributed by atoms with E-state index in [-0.39, 0.29) is 0 Å². The predicted molar refractivity (Wildman–Crippen MR) is 82.0 cm³/mol. The Kier molecular flexibility index (Phi) is 6.50. The molecular formula is C14H23ClN2S. The van der Waals surface area contributed by atoms with Gasteiger partial charge in [0.2, 0.25) is 0 Å². The molecule has 0 radical (unpaired) electrons. The Morgan fingerprint density at radius 1 is 1.33 bits per heavy atom. The highest BCUT2D eigenvalue weighted by Crippen LogP contribution is 2.28. The lowest BCUT2D eigenvalue weighted by molar-refractivity contribution is 0.339. The molecule has 1 rings (SSSR count). The van der Waals surface area contributed by atoms with E-state index in [0.717, 1.165) is 28.5 Å². The largest absolute Gasteiger partial charge is 0.271 e. The first-order chi connectivity index (χ1) is 8.42. The van der Waals surface area contributed by atoms with Crippen LogP contribution in [0.25, 0.3) is 0 Å². The summed E-state index contributed by atoms with van der Waals surface area (Å²) in [7, 11) is 0. The van der Waals surface area contributed by atoms with Crippen molar-refractivity contribution in [2.45, 2.75) is 44.6 Å². The van der Waals surface area contributed by atoms with Crippen LogP contribution in [-0.2, 0) is 0 Å². The van der Waals surface area contributed by atoms with Crippen LogP contribution in [0.2, 0.25) is 5.02 Å². The lowest BCUT2D eigenvalue weighted by Gasteiger charge is -2.22. The second-order valence-electron chi connectivity index (χ2n) is 5.70. The van der Waals surface area contributed by atoms with E-state index < -0.39 is 0 Å². The van der Waals surface area contributed by atoms with E-state index in [1.165, 1.54) is 0 Å². The predicted octanol–water partition coefficient (Wildman–Crippen LogP) is 4.09. The van der Waals surface area contributed by atoms with Crippen LogP contribution < -0.4 is 11.3 Å². The highest BCUT2D eigenvalue weighted by Gasteiger charge is 2.15. The number of thioether (sulfide) groups is 1. The first-order valence-corrected chi connectivity index (χ1v) is 7.62. The summed E-state index contributed by atoms with van der Waals surface area (Å²) in [6.45, 7) is 6.76. The molecule has 4 heteroatoms. The number of hydrogen-bond acceptors (Lipinski definition) is 3. The Hall–Kier alpha value is -0.220. The maximum Gasteiger partial charge on any atom is 0.0541 e.